The first-order chi connectivity index (χ1) is 12.2. The van der Waals surface area contributed by atoms with Crippen LogP contribution in [0.1, 0.15) is 25.7 Å². The second kappa shape index (κ2) is 13.5. The van der Waals surface area contributed by atoms with Gasteiger partial charge in [0.25, 0.3) is 0 Å². The van der Waals surface area contributed by atoms with Gasteiger partial charge in [0.05, 0.1) is 0 Å². The molecule has 0 rings (SSSR count). The summed E-state index contributed by atoms with van der Waals surface area (Å²) in [6, 6.07) is -2.72. The normalized spacial score (nSPS) is 11.6. The lowest BCUT2D eigenvalue weighted by Crippen LogP contribution is -2.44. The van der Waals surface area contributed by atoms with Crippen molar-refractivity contribution in [3.05, 3.63) is 0 Å². The van der Waals surface area contributed by atoms with E-state index in [2.05, 4.69) is 16.0 Å². The lowest BCUT2D eigenvalue weighted by molar-refractivity contribution is -0.143. The lowest BCUT2D eigenvalue weighted by atomic mass is 10.1. The van der Waals surface area contributed by atoms with Crippen molar-refractivity contribution in [3.8, 4) is 0 Å². The highest BCUT2D eigenvalue weighted by Gasteiger charge is 2.24. The maximum Gasteiger partial charge on any atom is 0.320 e. The number of carboxylic acid groups (broad SMARTS) is 1. The van der Waals surface area contributed by atoms with Crippen molar-refractivity contribution in [2.24, 2.45) is 17.2 Å². The number of nitrogens with one attached hydrogen (secondary N) is 3. The van der Waals surface area contributed by atoms with Gasteiger partial charge in [0.15, 0.2) is 0 Å². The van der Waals surface area contributed by atoms with Crippen molar-refractivity contribution in [3.63, 3.8) is 0 Å². The van der Waals surface area contributed by atoms with E-state index in [1.807, 2.05) is 0 Å². The molecule has 10 N–H and O–H groups in total. The van der Waals surface area contributed by atoms with Crippen molar-refractivity contribution in [1.82, 2.24) is 20.9 Å². The van der Waals surface area contributed by atoms with Crippen molar-refractivity contribution < 1.29 is 24.3 Å². The highest BCUT2D eigenvalue weighted by molar-refractivity contribution is 5.73. The van der Waals surface area contributed by atoms with E-state index in [0.717, 1.165) is 0 Å². The van der Waals surface area contributed by atoms with Crippen molar-refractivity contribution >= 4 is 24.1 Å². The molecule has 0 unspecified atom stereocenters. The number of nitrogens with zero attached hydrogens (tertiary/aromatic N) is 1. The monoisotopic (exact) mass is 375 g/mol. The van der Waals surface area contributed by atoms with Gasteiger partial charge in [-0.2, -0.15) is 0 Å². The zero-order valence-corrected chi connectivity index (χ0v) is 14.7. The molecule has 0 aliphatic heterocycles. The Balaban J connectivity index is 4.62. The molecule has 0 radical (unpaired) electrons. The Kier molecular flexibility index (Phi) is 12.1. The van der Waals surface area contributed by atoms with Gasteiger partial charge in [-0.1, -0.05) is 0 Å². The van der Waals surface area contributed by atoms with E-state index in [1.165, 1.54) is 0 Å². The molecule has 0 aromatic rings. The summed E-state index contributed by atoms with van der Waals surface area (Å²) in [4.78, 5) is 45.4. The largest absolute Gasteiger partial charge is 0.480 e. The second-order valence-corrected chi connectivity index (χ2v) is 5.61. The fraction of sp³-hybridized carbons (Fsp3) is 0.714. The molecule has 0 saturated heterocycles. The molecular weight excluding hydrogens is 346 g/mol. The topological polar surface area (TPSA) is 206 Å². The van der Waals surface area contributed by atoms with Gasteiger partial charge in [-0.3, -0.25) is 9.69 Å². The van der Waals surface area contributed by atoms with Gasteiger partial charge in [0, 0.05) is 32.7 Å². The third-order valence-electron chi connectivity index (χ3n) is 3.52. The van der Waals surface area contributed by atoms with Crippen molar-refractivity contribution in [1.29, 1.82) is 0 Å². The first-order valence-electron chi connectivity index (χ1n) is 8.30. The van der Waals surface area contributed by atoms with Crippen LogP contribution < -0.4 is 33.2 Å². The molecule has 0 aliphatic rings. The summed E-state index contributed by atoms with van der Waals surface area (Å²) in [5.41, 5.74) is 15.0. The van der Waals surface area contributed by atoms with Crippen LogP contribution in [-0.4, -0.2) is 72.8 Å². The van der Waals surface area contributed by atoms with Crippen LogP contribution in [0.4, 0.5) is 14.4 Å². The number of carboxylic acids is 1. The minimum Gasteiger partial charge on any atom is -0.480 e. The quantitative estimate of drug-likeness (QED) is 0.176. The Morgan fingerprint density at radius 2 is 1.15 bits per heavy atom. The van der Waals surface area contributed by atoms with Crippen LogP contribution in [0.5, 0.6) is 0 Å². The molecule has 6 amide bonds. The van der Waals surface area contributed by atoms with Gasteiger partial charge in [-0.25, -0.2) is 14.4 Å². The van der Waals surface area contributed by atoms with Gasteiger partial charge < -0.3 is 38.3 Å². The molecule has 150 valence electrons. The molecule has 0 spiro atoms. The van der Waals surface area contributed by atoms with Crippen LogP contribution in [0.25, 0.3) is 0 Å². The average molecular weight is 375 g/mol. The number of primary amides is 3. The number of hydrogen-bond acceptors (Lipinski definition) is 5. The SMILES string of the molecule is NC(=O)NCCC[C@@H](C(=O)O)N(CCCNC(N)=O)CCCNC(N)=O. The van der Waals surface area contributed by atoms with Crippen LogP contribution >= 0.6 is 0 Å². The smallest absolute Gasteiger partial charge is 0.320 e. The molecule has 0 bridgehead atoms. The van der Waals surface area contributed by atoms with E-state index in [4.69, 9.17) is 17.2 Å². The summed E-state index contributed by atoms with van der Waals surface area (Å²) >= 11 is 0. The molecule has 0 saturated carbocycles. The highest BCUT2D eigenvalue weighted by atomic mass is 16.4. The van der Waals surface area contributed by atoms with E-state index in [9.17, 15) is 24.3 Å². The number of urea groups is 3. The first-order valence-corrected chi connectivity index (χ1v) is 8.30. The van der Waals surface area contributed by atoms with Crippen LogP contribution in [0, 0.1) is 0 Å². The Labute approximate surface area is 151 Å². The number of carbonyl (C=O) groups is 4. The van der Waals surface area contributed by atoms with E-state index >= 15 is 0 Å². The van der Waals surface area contributed by atoms with Crippen molar-refractivity contribution in [2.45, 2.75) is 31.7 Å². The summed E-state index contributed by atoms with van der Waals surface area (Å²) < 4.78 is 0. The Morgan fingerprint density at radius 1 is 0.769 bits per heavy atom. The number of nitrogens with two attached hydrogens (primary N) is 3. The number of amides is 6. The third-order valence-corrected chi connectivity index (χ3v) is 3.52. The molecule has 0 fully saturated rings. The van der Waals surface area contributed by atoms with Crippen molar-refractivity contribution in [2.75, 3.05) is 32.7 Å². The molecule has 1 atom stereocenters. The third kappa shape index (κ3) is 12.6. The van der Waals surface area contributed by atoms with E-state index in [0.29, 0.717) is 51.9 Å². The molecular formula is C14H29N7O5. The molecule has 12 nitrogen and oxygen atoms in total. The average Bonchev–Trinajstić information content (AvgIpc) is 2.53. The van der Waals surface area contributed by atoms with Gasteiger partial charge in [0.1, 0.15) is 6.04 Å². The van der Waals surface area contributed by atoms with E-state index in [-0.39, 0.29) is 6.54 Å². The molecule has 12 heteroatoms. The standard InChI is InChI=1S/C14H29N7O5/c15-12(24)18-5-1-4-10(11(22)23)21(8-2-6-19-13(16)25)9-3-7-20-14(17)26/h10H,1-9H2,(H,22,23)(H3,15,18,24)(H3,16,19,25)(H3,17,20,26)/t10-/m0/s1. The number of aliphatic carboxylic acids is 1. The molecule has 0 aromatic carbocycles. The number of carbonyl (C=O) groups excluding carboxylic acids is 3. The maximum absolute atomic E-state index is 11.6. The molecule has 0 heterocycles. The second-order valence-electron chi connectivity index (χ2n) is 5.61. The van der Waals surface area contributed by atoms with Gasteiger partial charge in [0.2, 0.25) is 0 Å². The van der Waals surface area contributed by atoms with Crippen LogP contribution in [-0.2, 0) is 4.79 Å². The van der Waals surface area contributed by atoms with Crippen LogP contribution in [0.15, 0.2) is 0 Å². The van der Waals surface area contributed by atoms with Gasteiger partial charge >= 0.3 is 24.1 Å². The summed E-state index contributed by atoms with van der Waals surface area (Å²) in [7, 11) is 0. The van der Waals surface area contributed by atoms with Gasteiger partial charge in [-0.05, 0) is 25.7 Å². The Bertz CT molecular complexity index is 453. The predicted octanol–water partition coefficient (Wildman–Crippen LogP) is -1.69. The van der Waals surface area contributed by atoms with E-state index < -0.39 is 30.1 Å². The molecule has 0 aromatic heterocycles. The summed E-state index contributed by atoms with van der Waals surface area (Å²) in [6.07, 6.45) is 1.77. The zero-order chi connectivity index (χ0) is 19.9. The summed E-state index contributed by atoms with van der Waals surface area (Å²) in [5, 5.41) is 16.8. The summed E-state index contributed by atoms with van der Waals surface area (Å²) in [6.45, 7) is 1.75. The minimum absolute atomic E-state index is 0.277. The number of hydrogen-bond donors (Lipinski definition) is 7. The maximum atomic E-state index is 11.6. The molecule has 26 heavy (non-hydrogen) atoms. The van der Waals surface area contributed by atoms with Crippen LogP contribution in [0.3, 0.4) is 0 Å². The fourth-order valence-corrected chi connectivity index (χ4v) is 2.38. The summed E-state index contributed by atoms with van der Waals surface area (Å²) in [5.74, 6) is -0.991. The minimum atomic E-state index is -0.991. The Hall–Kier alpha value is -2.76. The fourth-order valence-electron chi connectivity index (χ4n) is 2.38. The predicted molar refractivity (Wildman–Crippen MR) is 94.2 cm³/mol. The highest BCUT2D eigenvalue weighted by Crippen LogP contribution is 2.09. The zero-order valence-electron chi connectivity index (χ0n) is 14.7. The Morgan fingerprint density at radius 3 is 1.50 bits per heavy atom. The number of rotatable bonds is 14. The lowest BCUT2D eigenvalue weighted by Gasteiger charge is -2.29. The first kappa shape index (κ1) is 23.2. The van der Waals surface area contributed by atoms with E-state index in [1.54, 1.807) is 4.90 Å². The van der Waals surface area contributed by atoms with Crippen LogP contribution in [0.2, 0.25) is 0 Å². The molecule has 0 aliphatic carbocycles. The van der Waals surface area contributed by atoms with Gasteiger partial charge in [-0.15, -0.1) is 0 Å².